The van der Waals surface area contributed by atoms with Crippen LogP contribution < -0.4 is 24.3 Å². The van der Waals surface area contributed by atoms with Crippen molar-refractivity contribution in [3.63, 3.8) is 0 Å². The minimum absolute atomic E-state index is 0.248. The molecule has 6 heteroatoms. The van der Waals surface area contributed by atoms with Gasteiger partial charge in [0.2, 0.25) is 0 Å². The molecule has 2 rings (SSSR count). The van der Waals surface area contributed by atoms with Gasteiger partial charge in [0.1, 0.15) is 23.0 Å². The number of rotatable bonds is 8. The highest BCUT2D eigenvalue weighted by Crippen LogP contribution is 2.29. The maximum Gasteiger partial charge on any atom is 0.265 e. The fourth-order valence-corrected chi connectivity index (χ4v) is 2.26. The number of carbonyl (C=O) groups excluding carboxylic acids is 1. The van der Waals surface area contributed by atoms with E-state index >= 15 is 0 Å². The SMILES string of the molecule is CC[C@H](Oc1ccc(OC)cc1)C(=O)Nc1ccc(OC)cc1OC. The van der Waals surface area contributed by atoms with Crippen LogP contribution in [-0.4, -0.2) is 33.3 Å². The summed E-state index contributed by atoms with van der Waals surface area (Å²) >= 11 is 0. The van der Waals surface area contributed by atoms with Gasteiger partial charge in [-0.1, -0.05) is 6.92 Å². The Morgan fingerprint density at radius 1 is 0.920 bits per heavy atom. The van der Waals surface area contributed by atoms with E-state index in [1.54, 1.807) is 56.7 Å². The number of nitrogens with one attached hydrogen (secondary N) is 1. The summed E-state index contributed by atoms with van der Waals surface area (Å²) in [6, 6.07) is 12.3. The molecule has 0 fully saturated rings. The average Bonchev–Trinajstić information content (AvgIpc) is 2.66. The highest BCUT2D eigenvalue weighted by molar-refractivity contribution is 5.95. The van der Waals surface area contributed by atoms with Crippen LogP contribution in [0.1, 0.15) is 13.3 Å². The number of benzene rings is 2. The van der Waals surface area contributed by atoms with Crippen molar-refractivity contribution >= 4 is 11.6 Å². The predicted molar refractivity (Wildman–Crippen MR) is 95.9 cm³/mol. The Hall–Kier alpha value is -2.89. The summed E-state index contributed by atoms with van der Waals surface area (Å²) in [7, 11) is 4.71. The van der Waals surface area contributed by atoms with Gasteiger partial charge >= 0.3 is 0 Å². The van der Waals surface area contributed by atoms with Crippen molar-refractivity contribution in [2.75, 3.05) is 26.6 Å². The van der Waals surface area contributed by atoms with E-state index in [4.69, 9.17) is 18.9 Å². The third-order valence-corrected chi connectivity index (χ3v) is 3.67. The first kappa shape index (κ1) is 18.4. The van der Waals surface area contributed by atoms with E-state index < -0.39 is 6.10 Å². The fourth-order valence-electron chi connectivity index (χ4n) is 2.26. The number of hydrogen-bond acceptors (Lipinski definition) is 5. The molecule has 0 aliphatic rings. The number of hydrogen-bond donors (Lipinski definition) is 1. The molecular formula is C19H23NO5. The lowest BCUT2D eigenvalue weighted by atomic mass is 10.2. The van der Waals surface area contributed by atoms with E-state index in [-0.39, 0.29) is 5.91 Å². The summed E-state index contributed by atoms with van der Waals surface area (Å²) in [5, 5.41) is 2.84. The third-order valence-electron chi connectivity index (χ3n) is 3.67. The van der Waals surface area contributed by atoms with Crippen LogP contribution in [0, 0.1) is 0 Å². The summed E-state index contributed by atoms with van der Waals surface area (Å²) in [6.07, 6.45) is -0.101. The number of anilines is 1. The Labute approximate surface area is 147 Å². The maximum atomic E-state index is 12.5. The minimum atomic E-state index is -0.625. The number of amides is 1. The molecule has 0 spiro atoms. The maximum absolute atomic E-state index is 12.5. The molecule has 1 N–H and O–H groups in total. The van der Waals surface area contributed by atoms with Crippen LogP contribution in [-0.2, 0) is 4.79 Å². The topological polar surface area (TPSA) is 66.0 Å². The smallest absolute Gasteiger partial charge is 0.265 e. The molecule has 0 aliphatic carbocycles. The van der Waals surface area contributed by atoms with E-state index in [2.05, 4.69) is 5.32 Å². The molecule has 2 aromatic rings. The quantitative estimate of drug-likeness (QED) is 0.793. The normalized spacial score (nSPS) is 11.4. The van der Waals surface area contributed by atoms with Crippen LogP contribution in [0.2, 0.25) is 0 Å². The number of carbonyl (C=O) groups is 1. The van der Waals surface area contributed by atoms with Gasteiger partial charge in [-0.3, -0.25) is 4.79 Å². The van der Waals surface area contributed by atoms with E-state index in [0.29, 0.717) is 29.4 Å². The first-order valence-corrected chi connectivity index (χ1v) is 7.94. The van der Waals surface area contributed by atoms with E-state index in [9.17, 15) is 4.79 Å². The lowest BCUT2D eigenvalue weighted by molar-refractivity contribution is -0.122. The van der Waals surface area contributed by atoms with E-state index in [1.165, 1.54) is 7.11 Å². The highest BCUT2D eigenvalue weighted by Gasteiger charge is 2.20. The van der Waals surface area contributed by atoms with Crippen LogP contribution in [0.4, 0.5) is 5.69 Å². The Balaban J connectivity index is 2.08. The molecule has 134 valence electrons. The lowest BCUT2D eigenvalue weighted by Gasteiger charge is -2.18. The Kier molecular flexibility index (Phi) is 6.51. The molecule has 1 atom stereocenters. The molecule has 0 aromatic heterocycles. The molecule has 0 saturated carbocycles. The van der Waals surface area contributed by atoms with Gasteiger partial charge in [-0.05, 0) is 42.8 Å². The van der Waals surface area contributed by atoms with Crippen molar-refractivity contribution in [3.8, 4) is 23.0 Å². The van der Waals surface area contributed by atoms with Crippen LogP contribution in [0.15, 0.2) is 42.5 Å². The number of methoxy groups -OCH3 is 3. The van der Waals surface area contributed by atoms with Crippen molar-refractivity contribution < 1.29 is 23.7 Å². The van der Waals surface area contributed by atoms with Gasteiger partial charge in [0.05, 0.1) is 27.0 Å². The Morgan fingerprint density at radius 3 is 2.08 bits per heavy atom. The van der Waals surface area contributed by atoms with Gasteiger partial charge in [-0.2, -0.15) is 0 Å². The zero-order valence-corrected chi connectivity index (χ0v) is 14.9. The van der Waals surface area contributed by atoms with Crippen LogP contribution >= 0.6 is 0 Å². The Bertz CT molecular complexity index is 699. The van der Waals surface area contributed by atoms with Gasteiger partial charge < -0.3 is 24.3 Å². The van der Waals surface area contributed by atoms with Gasteiger partial charge in [0.15, 0.2) is 6.10 Å². The summed E-state index contributed by atoms with van der Waals surface area (Å²) in [5.41, 5.74) is 0.560. The molecule has 0 saturated heterocycles. The van der Waals surface area contributed by atoms with Crippen LogP contribution in [0.3, 0.4) is 0 Å². The largest absolute Gasteiger partial charge is 0.497 e. The first-order chi connectivity index (χ1) is 12.1. The van der Waals surface area contributed by atoms with Gasteiger partial charge in [-0.25, -0.2) is 0 Å². The zero-order valence-electron chi connectivity index (χ0n) is 14.9. The molecule has 0 aliphatic heterocycles. The van der Waals surface area contributed by atoms with Crippen molar-refractivity contribution in [1.82, 2.24) is 0 Å². The van der Waals surface area contributed by atoms with Crippen molar-refractivity contribution in [2.24, 2.45) is 0 Å². The van der Waals surface area contributed by atoms with E-state index in [0.717, 1.165) is 5.75 Å². The monoisotopic (exact) mass is 345 g/mol. The molecule has 6 nitrogen and oxygen atoms in total. The van der Waals surface area contributed by atoms with E-state index in [1.807, 2.05) is 6.92 Å². The predicted octanol–water partition coefficient (Wildman–Crippen LogP) is 3.51. The van der Waals surface area contributed by atoms with Crippen molar-refractivity contribution in [3.05, 3.63) is 42.5 Å². The summed E-state index contributed by atoms with van der Waals surface area (Å²) in [5.74, 6) is 2.25. The molecule has 25 heavy (non-hydrogen) atoms. The summed E-state index contributed by atoms with van der Waals surface area (Å²) in [4.78, 5) is 12.5. The zero-order chi connectivity index (χ0) is 18.2. The fraction of sp³-hybridized carbons (Fsp3) is 0.316. The van der Waals surface area contributed by atoms with Crippen LogP contribution in [0.25, 0.3) is 0 Å². The molecule has 0 bridgehead atoms. The standard InChI is InChI=1S/C19H23NO5/c1-5-17(25-14-8-6-13(22-2)7-9-14)19(21)20-16-11-10-15(23-3)12-18(16)24-4/h6-12,17H,5H2,1-4H3,(H,20,21)/t17-/m0/s1. The van der Waals surface area contributed by atoms with Gasteiger partial charge in [-0.15, -0.1) is 0 Å². The molecule has 0 radical (unpaired) electrons. The average molecular weight is 345 g/mol. The second kappa shape index (κ2) is 8.82. The molecule has 0 unspecified atom stereocenters. The third kappa shape index (κ3) is 4.79. The molecule has 2 aromatic carbocycles. The van der Waals surface area contributed by atoms with Crippen LogP contribution in [0.5, 0.6) is 23.0 Å². The molecule has 0 heterocycles. The lowest BCUT2D eigenvalue weighted by Crippen LogP contribution is -2.32. The minimum Gasteiger partial charge on any atom is -0.497 e. The highest BCUT2D eigenvalue weighted by atomic mass is 16.5. The van der Waals surface area contributed by atoms with Crippen molar-refractivity contribution in [1.29, 1.82) is 0 Å². The van der Waals surface area contributed by atoms with Gasteiger partial charge in [0.25, 0.3) is 5.91 Å². The molecular weight excluding hydrogens is 322 g/mol. The second-order valence-corrected chi connectivity index (χ2v) is 5.25. The Morgan fingerprint density at radius 2 is 1.52 bits per heavy atom. The number of ether oxygens (including phenoxy) is 4. The summed E-state index contributed by atoms with van der Waals surface area (Å²) < 4.78 is 21.3. The first-order valence-electron chi connectivity index (χ1n) is 7.94. The van der Waals surface area contributed by atoms with Gasteiger partial charge in [0, 0.05) is 6.07 Å². The molecule has 1 amide bonds. The second-order valence-electron chi connectivity index (χ2n) is 5.25. The summed E-state index contributed by atoms with van der Waals surface area (Å²) in [6.45, 7) is 1.89. The van der Waals surface area contributed by atoms with Crippen molar-refractivity contribution in [2.45, 2.75) is 19.4 Å².